The molecule has 31 heavy (non-hydrogen) atoms. The van der Waals surface area contributed by atoms with Gasteiger partial charge in [0.1, 0.15) is 16.9 Å². The molecule has 0 aliphatic heterocycles. The van der Waals surface area contributed by atoms with Gasteiger partial charge in [-0.1, -0.05) is 57.2 Å². The Hall–Kier alpha value is -3.24. The van der Waals surface area contributed by atoms with Crippen LogP contribution in [0.15, 0.2) is 65.3 Å². The van der Waals surface area contributed by atoms with E-state index in [1.807, 2.05) is 6.92 Å². The van der Waals surface area contributed by atoms with Gasteiger partial charge in [0.15, 0.2) is 5.58 Å². The summed E-state index contributed by atoms with van der Waals surface area (Å²) in [4.78, 5) is 10.4. The van der Waals surface area contributed by atoms with Crippen LogP contribution < -0.4 is 0 Å². The number of nitrogens with zero attached hydrogens (tertiary/aromatic N) is 2. The summed E-state index contributed by atoms with van der Waals surface area (Å²) in [5.74, 6) is 0.926. The van der Waals surface area contributed by atoms with E-state index in [4.69, 9.17) is 9.40 Å². The van der Waals surface area contributed by atoms with Crippen molar-refractivity contribution in [2.75, 3.05) is 0 Å². The molecule has 0 radical (unpaired) electrons. The maximum absolute atomic E-state index is 6.04. The first kappa shape index (κ1) is 18.5. The van der Waals surface area contributed by atoms with Crippen LogP contribution in [-0.2, 0) is 5.41 Å². The van der Waals surface area contributed by atoms with Crippen LogP contribution in [-0.4, -0.2) is 9.97 Å². The molecule has 0 fully saturated rings. The fourth-order valence-corrected chi connectivity index (χ4v) is 5.71. The van der Waals surface area contributed by atoms with Crippen LogP contribution in [0.1, 0.15) is 32.1 Å². The molecule has 0 N–H and O–H groups in total. The third kappa shape index (κ3) is 2.78. The first-order chi connectivity index (χ1) is 14.9. The molecular formula is C27H22N2OS. The monoisotopic (exact) mass is 422 g/mol. The number of hydrogen-bond acceptors (Lipinski definition) is 4. The van der Waals surface area contributed by atoms with Crippen LogP contribution in [0.5, 0.6) is 0 Å². The first-order valence-electron chi connectivity index (χ1n) is 10.5. The summed E-state index contributed by atoms with van der Waals surface area (Å²) in [5.41, 5.74) is 4.41. The van der Waals surface area contributed by atoms with E-state index in [1.54, 1.807) is 17.7 Å². The SMILES string of the molecule is Cc1cc2ccc3c(sc4ncnc(-c5cc(C(C)(C)C)c6ccccc6c5)c43)c2o1. The lowest BCUT2D eigenvalue weighted by atomic mass is 9.82. The van der Waals surface area contributed by atoms with E-state index < -0.39 is 0 Å². The van der Waals surface area contributed by atoms with Gasteiger partial charge in [-0.05, 0) is 46.9 Å². The number of aryl methyl sites for hydroxylation is 1. The Morgan fingerprint density at radius 3 is 2.55 bits per heavy atom. The summed E-state index contributed by atoms with van der Waals surface area (Å²) < 4.78 is 7.18. The molecule has 0 amide bonds. The number of rotatable bonds is 1. The van der Waals surface area contributed by atoms with Gasteiger partial charge in [0.2, 0.25) is 0 Å². The van der Waals surface area contributed by atoms with E-state index in [2.05, 4.69) is 80.4 Å². The maximum Gasteiger partial charge on any atom is 0.152 e. The van der Waals surface area contributed by atoms with Crippen molar-refractivity contribution in [3.8, 4) is 11.3 Å². The molecule has 6 rings (SSSR count). The van der Waals surface area contributed by atoms with Gasteiger partial charge in [-0.2, -0.15) is 0 Å². The van der Waals surface area contributed by atoms with E-state index in [9.17, 15) is 0 Å². The van der Waals surface area contributed by atoms with Crippen molar-refractivity contribution in [3.63, 3.8) is 0 Å². The van der Waals surface area contributed by atoms with Crippen molar-refractivity contribution in [3.05, 3.63) is 72.2 Å². The lowest BCUT2D eigenvalue weighted by molar-refractivity contribution is 0.582. The number of fused-ring (bicyclic) bond motifs is 6. The van der Waals surface area contributed by atoms with Crippen LogP contribution in [0.25, 0.3) is 53.3 Å². The second-order valence-electron chi connectivity index (χ2n) is 9.22. The normalized spacial score (nSPS) is 12.5. The van der Waals surface area contributed by atoms with Crippen LogP contribution in [0.3, 0.4) is 0 Å². The van der Waals surface area contributed by atoms with Crippen LogP contribution in [0.2, 0.25) is 0 Å². The lowest BCUT2D eigenvalue weighted by Crippen LogP contribution is -2.12. The van der Waals surface area contributed by atoms with Gasteiger partial charge in [0.05, 0.1) is 10.4 Å². The molecule has 3 heterocycles. The third-order valence-electron chi connectivity index (χ3n) is 5.99. The van der Waals surface area contributed by atoms with Crippen LogP contribution >= 0.6 is 11.3 Å². The zero-order chi connectivity index (χ0) is 21.3. The molecule has 4 heteroatoms. The third-order valence-corrected chi connectivity index (χ3v) is 7.10. The van der Waals surface area contributed by atoms with E-state index in [-0.39, 0.29) is 5.41 Å². The van der Waals surface area contributed by atoms with E-state index in [1.165, 1.54) is 16.3 Å². The van der Waals surface area contributed by atoms with Gasteiger partial charge in [0, 0.05) is 21.7 Å². The fraction of sp³-hybridized carbons (Fsp3) is 0.185. The second-order valence-corrected chi connectivity index (χ2v) is 10.2. The Bertz CT molecular complexity index is 1630. The molecule has 3 aromatic heterocycles. The van der Waals surface area contributed by atoms with E-state index in [0.717, 1.165) is 48.3 Å². The summed E-state index contributed by atoms with van der Waals surface area (Å²) in [6.07, 6.45) is 1.68. The lowest BCUT2D eigenvalue weighted by Gasteiger charge is -2.22. The van der Waals surface area contributed by atoms with Crippen molar-refractivity contribution in [2.24, 2.45) is 0 Å². The highest BCUT2D eigenvalue weighted by Gasteiger charge is 2.21. The number of thiophene rings is 1. The van der Waals surface area contributed by atoms with Gasteiger partial charge in [-0.15, -0.1) is 11.3 Å². The smallest absolute Gasteiger partial charge is 0.152 e. The summed E-state index contributed by atoms with van der Waals surface area (Å²) in [6.45, 7) is 8.80. The highest BCUT2D eigenvalue weighted by atomic mass is 32.1. The summed E-state index contributed by atoms with van der Waals surface area (Å²) in [6, 6.07) is 19.6. The van der Waals surface area contributed by atoms with Gasteiger partial charge >= 0.3 is 0 Å². The van der Waals surface area contributed by atoms with Crippen molar-refractivity contribution in [1.82, 2.24) is 9.97 Å². The molecule has 152 valence electrons. The highest BCUT2D eigenvalue weighted by molar-refractivity contribution is 7.26. The standard InChI is InChI=1S/C27H22N2OS/c1-15-11-17-9-10-20-22-23(28-14-29-26(22)31-25(20)24(17)30-15)18-12-16-7-5-6-8-19(16)21(13-18)27(2,3)4/h5-14H,1-4H3. The fourth-order valence-electron chi connectivity index (χ4n) is 4.58. The predicted octanol–water partition coefficient (Wildman–Crippen LogP) is 8.02. The molecular weight excluding hydrogens is 400 g/mol. The van der Waals surface area contributed by atoms with Crippen molar-refractivity contribution >= 4 is 53.4 Å². The van der Waals surface area contributed by atoms with Crippen molar-refractivity contribution < 1.29 is 4.42 Å². The first-order valence-corrected chi connectivity index (χ1v) is 11.3. The van der Waals surface area contributed by atoms with Crippen molar-refractivity contribution in [2.45, 2.75) is 33.1 Å². The zero-order valence-electron chi connectivity index (χ0n) is 18.0. The number of benzene rings is 3. The molecule has 0 atom stereocenters. The molecule has 3 aromatic carbocycles. The molecule has 0 saturated carbocycles. The van der Waals surface area contributed by atoms with Gasteiger partial charge in [-0.3, -0.25) is 0 Å². The van der Waals surface area contributed by atoms with Crippen LogP contribution in [0, 0.1) is 6.92 Å². The molecule has 0 aliphatic carbocycles. The zero-order valence-corrected chi connectivity index (χ0v) is 18.8. The van der Waals surface area contributed by atoms with E-state index in [0.29, 0.717) is 0 Å². The minimum Gasteiger partial charge on any atom is -0.460 e. The molecule has 0 spiro atoms. The second kappa shape index (κ2) is 6.38. The highest BCUT2D eigenvalue weighted by Crippen LogP contribution is 2.43. The Balaban J connectivity index is 1.72. The Morgan fingerprint density at radius 2 is 1.71 bits per heavy atom. The van der Waals surface area contributed by atoms with Crippen molar-refractivity contribution in [1.29, 1.82) is 0 Å². The summed E-state index contributed by atoms with van der Waals surface area (Å²) in [5, 5.41) is 5.93. The van der Waals surface area contributed by atoms with Gasteiger partial charge in [0.25, 0.3) is 0 Å². The number of aromatic nitrogens is 2. The predicted molar refractivity (Wildman–Crippen MR) is 131 cm³/mol. The maximum atomic E-state index is 6.04. The van der Waals surface area contributed by atoms with Gasteiger partial charge < -0.3 is 4.42 Å². The Labute approximate surface area is 184 Å². The Kier molecular flexibility index (Phi) is 3.81. The molecule has 3 nitrogen and oxygen atoms in total. The topological polar surface area (TPSA) is 38.9 Å². The summed E-state index contributed by atoms with van der Waals surface area (Å²) >= 11 is 1.68. The minimum absolute atomic E-state index is 0.0241. The molecule has 0 saturated heterocycles. The minimum atomic E-state index is 0.0241. The van der Waals surface area contributed by atoms with Crippen LogP contribution in [0.4, 0.5) is 0 Å². The molecule has 6 aromatic rings. The Morgan fingerprint density at radius 1 is 0.871 bits per heavy atom. The molecule has 0 unspecified atom stereocenters. The summed E-state index contributed by atoms with van der Waals surface area (Å²) in [7, 11) is 0. The average Bonchev–Trinajstić information content (AvgIpc) is 3.31. The number of furan rings is 1. The number of hydrogen-bond donors (Lipinski definition) is 0. The van der Waals surface area contributed by atoms with E-state index >= 15 is 0 Å². The van der Waals surface area contributed by atoms with Gasteiger partial charge in [-0.25, -0.2) is 9.97 Å². The quantitative estimate of drug-likeness (QED) is 0.269. The average molecular weight is 423 g/mol. The largest absolute Gasteiger partial charge is 0.460 e. The molecule has 0 bridgehead atoms. The molecule has 0 aliphatic rings.